The molecule has 4 atom stereocenters. The number of rotatable bonds is 25. The predicted molar refractivity (Wildman–Crippen MR) is 140 cm³/mol. The highest BCUT2D eigenvalue weighted by Crippen LogP contribution is 2.26. The zero-order chi connectivity index (χ0) is 24.8. The molecule has 0 saturated carbocycles. The first-order valence-corrected chi connectivity index (χ1v) is 15.1. The SMILES string of the molecule is CCCCCCCCCCSC(CCCCCCC)C(C)OCCCOC(O)([PH+]=O)C(=O)O. The van der Waals surface area contributed by atoms with Crippen LogP contribution < -0.4 is 0 Å². The predicted octanol–water partition coefficient (Wildman–Crippen LogP) is 7.16. The van der Waals surface area contributed by atoms with E-state index in [-0.39, 0.29) is 12.7 Å². The van der Waals surface area contributed by atoms with Gasteiger partial charge in [-0.1, -0.05) is 95.5 Å². The summed E-state index contributed by atoms with van der Waals surface area (Å²) in [5.74, 6) is -0.466. The quantitative estimate of drug-likeness (QED) is 0.0766. The molecule has 196 valence electrons. The van der Waals surface area contributed by atoms with Gasteiger partial charge in [-0.05, 0) is 31.9 Å². The van der Waals surface area contributed by atoms with Crippen molar-refractivity contribution in [3.63, 3.8) is 0 Å². The van der Waals surface area contributed by atoms with Crippen LogP contribution >= 0.6 is 20.2 Å². The van der Waals surface area contributed by atoms with E-state index >= 15 is 0 Å². The van der Waals surface area contributed by atoms with Gasteiger partial charge in [0, 0.05) is 11.9 Å². The van der Waals surface area contributed by atoms with E-state index in [2.05, 4.69) is 20.8 Å². The fourth-order valence-corrected chi connectivity index (χ4v) is 5.27. The van der Waals surface area contributed by atoms with E-state index in [1.54, 1.807) is 0 Å². The van der Waals surface area contributed by atoms with Crippen molar-refractivity contribution in [1.82, 2.24) is 0 Å². The Morgan fingerprint density at radius 3 is 1.97 bits per heavy atom. The zero-order valence-corrected chi connectivity index (χ0v) is 23.1. The van der Waals surface area contributed by atoms with E-state index < -0.39 is 20.0 Å². The lowest BCUT2D eigenvalue weighted by atomic mass is 10.1. The van der Waals surface area contributed by atoms with Gasteiger partial charge in [-0.25, -0.2) is 4.79 Å². The minimum absolute atomic E-state index is 0.0160. The van der Waals surface area contributed by atoms with Crippen LogP contribution in [0, 0.1) is 0 Å². The maximum Gasteiger partial charge on any atom is 0.470 e. The Morgan fingerprint density at radius 2 is 1.42 bits per heavy atom. The molecule has 0 radical (unpaired) electrons. The number of carboxylic acid groups (broad SMARTS) is 1. The average molecular weight is 510 g/mol. The standard InChI is InChI=1S/C25H49O6PS/c1-4-6-8-10-11-12-14-16-21-33-23(18-15-13-9-7-5-2)22(3)30-19-17-20-31-25(28,32-29)24(26)27/h22-23,28H,4-21H2,1-3H3,(H,26,27)/p+1. The molecule has 0 aliphatic rings. The molecule has 8 heteroatoms. The van der Waals surface area contributed by atoms with Crippen LogP contribution in [0.15, 0.2) is 0 Å². The second-order valence-electron chi connectivity index (χ2n) is 8.92. The lowest BCUT2D eigenvalue weighted by Gasteiger charge is -2.24. The van der Waals surface area contributed by atoms with Gasteiger partial charge in [0.25, 0.3) is 0 Å². The van der Waals surface area contributed by atoms with Crippen molar-refractivity contribution < 1.29 is 29.0 Å². The molecule has 0 spiro atoms. The highest BCUT2D eigenvalue weighted by atomic mass is 32.2. The summed E-state index contributed by atoms with van der Waals surface area (Å²) in [5, 5.41) is 18.9. The smallest absolute Gasteiger partial charge is 0.470 e. The number of ether oxygens (including phenoxy) is 2. The first kappa shape index (κ1) is 32.8. The highest BCUT2D eigenvalue weighted by Gasteiger charge is 2.47. The Balaban J connectivity index is 4.23. The van der Waals surface area contributed by atoms with Gasteiger partial charge in [-0.3, -0.25) is 0 Å². The molecule has 0 aromatic rings. The second-order valence-corrected chi connectivity index (χ2v) is 11.1. The van der Waals surface area contributed by atoms with Crippen molar-refractivity contribution in [3.05, 3.63) is 0 Å². The van der Waals surface area contributed by atoms with E-state index in [9.17, 15) is 14.5 Å². The van der Waals surface area contributed by atoms with Gasteiger partial charge in [-0.15, -0.1) is 0 Å². The van der Waals surface area contributed by atoms with Crippen LogP contribution in [0.2, 0.25) is 0 Å². The molecule has 33 heavy (non-hydrogen) atoms. The summed E-state index contributed by atoms with van der Waals surface area (Å²) in [6, 6.07) is 0. The van der Waals surface area contributed by atoms with Crippen molar-refractivity contribution in [3.8, 4) is 0 Å². The Hall–Kier alpha value is -0.200. The third-order valence-corrected chi connectivity index (χ3v) is 8.06. The Labute approximate surface area is 208 Å². The third-order valence-electron chi connectivity index (χ3n) is 5.85. The molecule has 0 saturated heterocycles. The van der Waals surface area contributed by atoms with Gasteiger partial charge in [0.2, 0.25) is 0 Å². The summed E-state index contributed by atoms with van der Waals surface area (Å²) in [6.45, 7) is 7.01. The lowest BCUT2D eigenvalue weighted by Crippen LogP contribution is -2.36. The van der Waals surface area contributed by atoms with Crippen molar-refractivity contribution in [2.45, 2.75) is 134 Å². The second kappa shape index (κ2) is 22.3. The van der Waals surface area contributed by atoms with Crippen LogP contribution in [-0.2, 0) is 18.8 Å². The van der Waals surface area contributed by atoms with E-state index in [1.807, 2.05) is 11.8 Å². The van der Waals surface area contributed by atoms with Gasteiger partial charge in [-0.2, -0.15) is 11.8 Å². The van der Waals surface area contributed by atoms with Crippen LogP contribution in [0.25, 0.3) is 0 Å². The van der Waals surface area contributed by atoms with Crippen LogP contribution in [0.1, 0.15) is 117 Å². The van der Waals surface area contributed by atoms with Crippen molar-refractivity contribution in [1.29, 1.82) is 0 Å². The van der Waals surface area contributed by atoms with Crippen LogP contribution in [-0.4, -0.2) is 52.0 Å². The van der Waals surface area contributed by atoms with Crippen LogP contribution in [0.5, 0.6) is 0 Å². The van der Waals surface area contributed by atoms with E-state index in [0.717, 1.165) is 6.42 Å². The molecule has 0 bridgehead atoms. The number of hydrogen-bond donors (Lipinski definition) is 2. The van der Waals surface area contributed by atoms with Gasteiger partial charge in [0.05, 0.1) is 12.7 Å². The van der Waals surface area contributed by atoms with E-state index in [0.29, 0.717) is 18.3 Å². The number of carboxylic acids is 1. The van der Waals surface area contributed by atoms with Crippen LogP contribution in [0.4, 0.5) is 0 Å². The molecule has 0 aromatic carbocycles. The Bertz CT molecular complexity index is 482. The fraction of sp³-hybridized carbons (Fsp3) is 0.960. The summed E-state index contributed by atoms with van der Waals surface area (Å²) in [5.41, 5.74) is -2.61. The maximum absolute atomic E-state index is 10.9. The molecule has 0 rings (SSSR count). The number of aliphatic carboxylic acids is 1. The average Bonchev–Trinajstić information content (AvgIpc) is 2.80. The monoisotopic (exact) mass is 509 g/mol. The fourth-order valence-electron chi connectivity index (χ4n) is 3.66. The van der Waals surface area contributed by atoms with Crippen LogP contribution in [0.3, 0.4) is 0 Å². The number of thioether (sulfide) groups is 1. The minimum atomic E-state index is -2.61. The van der Waals surface area contributed by atoms with Crippen molar-refractivity contribution >= 4 is 26.2 Å². The van der Waals surface area contributed by atoms with Crippen molar-refractivity contribution in [2.75, 3.05) is 19.0 Å². The molecule has 4 unspecified atom stereocenters. The summed E-state index contributed by atoms with van der Waals surface area (Å²) in [7, 11) is -1.48. The van der Waals surface area contributed by atoms with Gasteiger partial charge in [0.1, 0.15) is 0 Å². The molecular weight excluding hydrogens is 459 g/mol. The molecular formula is C25H50O6PS+. The minimum Gasteiger partial charge on any atom is -0.474 e. The molecule has 0 aliphatic heterocycles. The van der Waals surface area contributed by atoms with Gasteiger partial charge in [0.15, 0.2) is 0 Å². The maximum atomic E-state index is 10.9. The molecule has 0 fully saturated rings. The zero-order valence-electron chi connectivity index (χ0n) is 21.3. The van der Waals surface area contributed by atoms with Gasteiger partial charge < -0.3 is 19.7 Å². The molecule has 2 N–H and O–H groups in total. The molecule has 6 nitrogen and oxygen atoms in total. The lowest BCUT2D eigenvalue weighted by molar-refractivity contribution is -0.190. The number of unbranched alkanes of at least 4 members (excludes halogenated alkanes) is 11. The van der Waals surface area contributed by atoms with Gasteiger partial charge >= 0.3 is 20.0 Å². The van der Waals surface area contributed by atoms with Crippen molar-refractivity contribution in [2.24, 2.45) is 0 Å². The third kappa shape index (κ3) is 17.8. The first-order chi connectivity index (χ1) is 15.9. The number of carbonyl (C=O) groups is 1. The molecule has 0 heterocycles. The Morgan fingerprint density at radius 1 is 0.879 bits per heavy atom. The van der Waals surface area contributed by atoms with E-state index in [1.165, 1.54) is 89.2 Å². The normalized spacial score (nSPS) is 15.4. The summed E-state index contributed by atoms with van der Waals surface area (Å²) in [4.78, 5) is 10.9. The summed E-state index contributed by atoms with van der Waals surface area (Å²) in [6.07, 6.45) is 18.7. The molecule has 0 aliphatic carbocycles. The molecule has 0 aromatic heterocycles. The number of hydrogen-bond acceptors (Lipinski definition) is 6. The highest BCUT2D eigenvalue weighted by molar-refractivity contribution is 7.99. The summed E-state index contributed by atoms with van der Waals surface area (Å²) >= 11 is 2.03. The number of aliphatic hydroxyl groups is 1. The Kier molecular flexibility index (Phi) is 22.1. The first-order valence-electron chi connectivity index (χ1n) is 13.1. The summed E-state index contributed by atoms with van der Waals surface area (Å²) < 4.78 is 21.8. The largest absolute Gasteiger partial charge is 0.474 e. The molecule has 0 amide bonds. The topological polar surface area (TPSA) is 93.1 Å². The van der Waals surface area contributed by atoms with E-state index in [4.69, 9.17) is 14.6 Å².